The number of hydrogen-bond donors (Lipinski definition) is 1. The lowest BCUT2D eigenvalue weighted by Gasteiger charge is -2.33. The van der Waals surface area contributed by atoms with E-state index < -0.39 is 51.9 Å². The van der Waals surface area contributed by atoms with Gasteiger partial charge >= 0.3 is 6.18 Å². The summed E-state index contributed by atoms with van der Waals surface area (Å²) in [5.74, 6) is -1.29. The second kappa shape index (κ2) is 13.9. The summed E-state index contributed by atoms with van der Waals surface area (Å²) in [4.78, 5) is 28.0. The predicted molar refractivity (Wildman–Crippen MR) is 159 cm³/mol. The quantitative estimate of drug-likeness (QED) is 0.245. The number of benzene rings is 3. The molecular weight excluding hydrogens is 659 g/mol. The SMILES string of the molecule is CC[C@@H](C)NC(=O)[C@H](C)N(Cc1cccc(Br)c1)C(=O)CN(c1cc(C(F)(F)F)ccc1Cl)S(=O)(=O)c1ccccc1. The van der Waals surface area contributed by atoms with Crippen LogP contribution in [0, 0.1) is 0 Å². The van der Waals surface area contributed by atoms with E-state index in [1.807, 2.05) is 6.92 Å². The molecule has 0 unspecified atom stereocenters. The smallest absolute Gasteiger partial charge is 0.352 e. The molecule has 0 radical (unpaired) electrons. The van der Waals surface area contributed by atoms with Gasteiger partial charge in [0.1, 0.15) is 12.6 Å². The third-order valence-corrected chi connectivity index (χ3v) is 9.15. The Morgan fingerprint density at radius 2 is 1.67 bits per heavy atom. The van der Waals surface area contributed by atoms with Crippen molar-refractivity contribution in [2.75, 3.05) is 10.8 Å². The molecule has 2 atom stereocenters. The molecule has 0 heterocycles. The second-order valence-corrected chi connectivity index (χ2v) is 12.8. The number of sulfonamides is 1. The Morgan fingerprint density at radius 3 is 2.26 bits per heavy atom. The molecule has 0 aromatic heterocycles. The zero-order valence-corrected chi connectivity index (χ0v) is 26.2. The fraction of sp³-hybridized carbons (Fsp3) is 0.310. The summed E-state index contributed by atoms with van der Waals surface area (Å²) in [6, 6.07) is 15.0. The first-order valence-corrected chi connectivity index (χ1v) is 15.5. The second-order valence-electron chi connectivity index (χ2n) is 9.63. The molecule has 0 aliphatic carbocycles. The van der Waals surface area contributed by atoms with Crippen molar-refractivity contribution < 1.29 is 31.2 Å². The maximum atomic E-state index is 14.0. The zero-order valence-electron chi connectivity index (χ0n) is 23.0. The molecule has 3 aromatic carbocycles. The van der Waals surface area contributed by atoms with Crippen LogP contribution in [-0.2, 0) is 32.3 Å². The van der Waals surface area contributed by atoms with Crippen molar-refractivity contribution in [3.63, 3.8) is 0 Å². The lowest BCUT2D eigenvalue weighted by atomic mass is 10.1. The normalized spacial score (nSPS) is 13.2. The third-order valence-electron chi connectivity index (χ3n) is 6.56. The molecule has 3 rings (SSSR count). The van der Waals surface area contributed by atoms with Gasteiger partial charge in [0.05, 0.1) is 21.2 Å². The van der Waals surface area contributed by atoms with Gasteiger partial charge in [-0.2, -0.15) is 13.2 Å². The van der Waals surface area contributed by atoms with Crippen LogP contribution in [0.25, 0.3) is 0 Å². The number of anilines is 1. The number of nitrogens with one attached hydrogen (secondary N) is 1. The van der Waals surface area contributed by atoms with Crippen LogP contribution in [0.15, 0.2) is 82.2 Å². The topological polar surface area (TPSA) is 86.8 Å². The molecule has 0 spiro atoms. The molecule has 0 fully saturated rings. The Labute approximate surface area is 256 Å². The summed E-state index contributed by atoms with van der Waals surface area (Å²) >= 11 is 9.64. The third kappa shape index (κ3) is 8.26. The van der Waals surface area contributed by atoms with Crippen LogP contribution in [0.4, 0.5) is 18.9 Å². The van der Waals surface area contributed by atoms with Crippen LogP contribution in [-0.4, -0.2) is 43.8 Å². The van der Waals surface area contributed by atoms with Crippen LogP contribution in [0.1, 0.15) is 38.3 Å². The molecule has 0 aliphatic rings. The van der Waals surface area contributed by atoms with Gasteiger partial charge < -0.3 is 10.2 Å². The fourth-order valence-electron chi connectivity index (χ4n) is 3.99. The Morgan fingerprint density at radius 1 is 1.00 bits per heavy atom. The molecule has 0 aliphatic heterocycles. The zero-order chi connectivity index (χ0) is 31.2. The molecule has 42 heavy (non-hydrogen) atoms. The number of hydrogen-bond acceptors (Lipinski definition) is 4. The summed E-state index contributed by atoms with van der Waals surface area (Å²) in [5.41, 5.74) is -1.03. The standard InChI is InChI=1S/C29H30BrClF3N3O4S/c1-4-19(2)35-28(39)20(3)36(17-21-9-8-10-23(30)15-21)27(38)18-37(42(40,41)24-11-6-5-7-12-24)26-16-22(29(32,33)34)13-14-25(26)31/h5-16,19-20H,4,17-18H2,1-3H3,(H,35,39)/t19-,20+/m1/s1. The largest absolute Gasteiger partial charge is 0.416 e. The van der Waals surface area contributed by atoms with Crippen LogP contribution in [0.3, 0.4) is 0 Å². The number of amides is 2. The fourth-order valence-corrected chi connectivity index (χ4v) is 6.16. The van der Waals surface area contributed by atoms with E-state index in [2.05, 4.69) is 21.2 Å². The summed E-state index contributed by atoms with van der Waals surface area (Å²) in [6.45, 7) is 4.18. The van der Waals surface area contributed by atoms with Gasteiger partial charge in [-0.05, 0) is 68.3 Å². The maximum absolute atomic E-state index is 14.0. The van der Waals surface area contributed by atoms with E-state index in [-0.39, 0.29) is 22.5 Å². The Balaban J connectivity index is 2.12. The first kappa shape index (κ1) is 33.4. The summed E-state index contributed by atoms with van der Waals surface area (Å²) in [7, 11) is -4.59. The number of rotatable bonds is 11. The molecule has 2 amide bonds. The van der Waals surface area contributed by atoms with Crippen molar-refractivity contribution in [1.82, 2.24) is 10.2 Å². The first-order valence-electron chi connectivity index (χ1n) is 12.9. The van der Waals surface area contributed by atoms with Crippen molar-refractivity contribution in [3.8, 4) is 0 Å². The van der Waals surface area contributed by atoms with Crippen LogP contribution in [0.5, 0.6) is 0 Å². The van der Waals surface area contributed by atoms with E-state index in [9.17, 15) is 31.2 Å². The minimum absolute atomic E-state index is 0.0804. The monoisotopic (exact) mass is 687 g/mol. The van der Waals surface area contributed by atoms with Crippen LogP contribution < -0.4 is 9.62 Å². The van der Waals surface area contributed by atoms with Crippen molar-refractivity contribution >= 4 is 55.1 Å². The van der Waals surface area contributed by atoms with E-state index >= 15 is 0 Å². The molecule has 0 saturated heterocycles. The Hall–Kier alpha value is -3.09. The van der Waals surface area contributed by atoms with Gasteiger partial charge in [-0.25, -0.2) is 8.42 Å². The van der Waals surface area contributed by atoms with Crippen LogP contribution in [0.2, 0.25) is 5.02 Å². The molecule has 1 N–H and O–H groups in total. The van der Waals surface area contributed by atoms with Gasteiger partial charge in [-0.1, -0.05) is 64.8 Å². The minimum Gasteiger partial charge on any atom is -0.352 e. The van der Waals surface area contributed by atoms with Gasteiger partial charge in [-0.3, -0.25) is 13.9 Å². The van der Waals surface area contributed by atoms with E-state index in [0.29, 0.717) is 26.8 Å². The predicted octanol–water partition coefficient (Wildman–Crippen LogP) is 6.65. The number of carbonyl (C=O) groups is 2. The van der Waals surface area contributed by atoms with Gasteiger partial charge in [0.15, 0.2) is 0 Å². The van der Waals surface area contributed by atoms with E-state index in [1.54, 1.807) is 37.3 Å². The van der Waals surface area contributed by atoms with Crippen molar-refractivity contribution in [1.29, 1.82) is 0 Å². The van der Waals surface area contributed by atoms with Crippen LogP contribution >= 0.6 is 27.5 Å². The highest BCUT2D eigenvalue weighted by molar-refractivity contribution is 9.10. The summed E-state index contributed by atoms with van der Waals surface area (Å²) in [6.07, 6.45) is -4.17. The van der Waals surface area contributed by atoms with E-state index in [4.69, 9.17) is 11.6 Å². The van der Waals surface area contributed by atoms with Gasteiger partial charge in [0.25, 0.3) is 10.0 Å². The summed E-state index contributed by atoms with van der Waals surface area (Å²) in [5, 5.41) is 2.51. The molecule has 13 heteroatoms. The molecule has 0 saturated carbocycles. The highest BCUT2D eigenvalue weighted by Gasteiger charge is 2.36. The number of alkyl halides is 3. The molecule has 0 bridgehead atoms. The highest BCUT2D eigenvalue weighted by Crippen LogP contribution is 2.37. The number of nitrogens with zero attached hydrogens (tertiary/aromatic N) is 2. The Bertz CT molecular complexity index is 1520. The first-order chi connectivity index (χ1) is 19.6. The lowest BCUT2D eigenvalue weighted by molar-refractivity contribution is -0.139. The van der Waals surface area contributed by atoms with Crippen molar-refractivity contribution in [2.45, 2.75) is 56.9 Å². The van der Waals surface area contributed by atoms with Crippen molar-refractivity contribution in [2.24, 2.45) is 0 Å². The molecule has 226 valence electrons. The van der Waals surface area contributed by atoms with Gasteiger partial charge in [0.2, 0.25) is 11.8 Å². The number of halogens is 5. The van der Waals surface area contributed by atoms with E-state index in [1.165, 1.54) is 36.1 Å². The molecular formula is C29H30BrClF3N3O4S. The Kier molecular flexibility index (Phi) is 11.1. The van der Waals surface area contributed by atoms with Crippen molar-refractivity contribution in [3.05, 3.63) is 93.4 Å². The van der Waals surface area contributed by atoms with E-state index in [0.717, 1.165) is 12.1 Å². The molecule has 7 nitrogen and oxygen atoms in total. The maximum Gasteiger partial charge on any atom is 0.416 e. The highest BCUT2D eigenvalue weighted by atomic mass is 79.9. The summed E-state index contributed by atoms with van der Waals surface area (Å²) < 4.78 is 69.8. The minimum atomic E-state index is -4.80. The lowest BCUT2D eigenvalue weighted by Crippen LogP contribution is -2.52. The average molecular weight is 689 g/mol. The van der Waals surface area contributed by atoms with Gasteiger partial charge in [0, 0.05) is 17.1 Å². The van der Waals surface area contributed by atoms with Gasteiger partial charge in [-0.15, -0.1) is 0 Å². The average Bonchev–Trinajstić information content (AvgIpc) is 2.94. The number of carbonyl (C=O) groups excluding carboxylic acids is 2. The molecule has 3 aromatic rings.